The van der Waals surface area contributed by atoms with Crippen LogP contribution in [0, 0.1) is 0 Å². The molecule has 3 unspecified atom stereocenters. The molecule has 0 heterocycles. The number of aromatic hydroxyl groups is 1. The molecule has 0 bridgehead atoms. The van der Waals surface area contributed by atoms with E-state index in [4.69, 9.17) is 15.9 Å². The molecular weight excluding hydrogens is 400 g/mol. The minimum atomic E-state index is -1.71. The first-order valence-corrected chi connectivity index (χ1v) is 8.86. The molecule has 30 heavy (non-hydrogen) atoms. The van der Waals surface area contributed by atoms with Gasteiger partial charge in [-0.1, -0.05) is 12.1 Å². The lowest BCUT2D eigenvalue weighted by atomic mass is 10.0. The highest BCUT2D eigenvalue weighted by molar-refractivity contribution is 5.94. The highest BCUT2D eigenvalue weighted by Crippen LogP contribution is 2.12. The number of carboxylic acids is 2. The van der Waals surface area contributed by atoms with Crippen molar-refractivity contribution in [2.75, 3.05) is 6.54 Å². The Kier molecular flexibility index (Phi) is 9.23. The molecule has 0 spiro atoms. The maximum Gasteiger partial charge on any atom is 0.326 e. The quantitative estimate of drug-likeness (QED) is 0.208. The molecule has 3 amide bonds. The van der Waals surface area contributed by atoms with Gasteiger partial charge in [-0.15, -0.1) is 0 Å². The highest BCUT2D eigenvalue weighted by Gasteiger charge is 2.29. The molecule has 8 N–H and O–H groups in total. The van der Waals surface area contributed by atoms with Crippen LogP contribution in [0.4, 0.5) is 0 Å². The van der Waals surface area contributed by atoms with Crippen molar-refractivity contribution < 1.29 is 39.3 Å². The number of carbonyl (C=O) groups is 5. The van der Waals surface area contributed by atoms with Crippen LogP contribution in [0.3, 0.4) is 0 Å². The number of nitrogens with two attached hydrogens (primary N) is 1. The Labute approximate surface area is 171 Å². The first-order valence-electron chi connectivity index (χ1n) is 8.86. The van der Waals surface area contributed by atoms with Crippen molar-refractivity contribution in [3.05, 3.63) is 29.8 Å². The van der Waals surface area contributed by atoms with Crippen LogP contribution in [-0.4, -0.2) is 69.7 Å². The molecule has 12 heteroatoms. The Hall–Kier alpha value is -3.67. The molecule has 1 aromatic rings. The van der Waals surface area contributed by atoms with E-state index in [9.17, 15) is 29.1 Å². The van der Waals surface area contributed by atoms with Crippen molar-refractivity contribution in [3.8, 4) is 5.75 Å². The van der Waals surface area contributed by atoms with E-state index in [-0.39, 0.29) is 18.7 Å². The summed E-state index contributed by atoms with van der Waals surface area (Å²) in [5, 5.41) is 34.1. The Balaban J connectivity index is 3.00. The van der Waals surface area contributed by atoms with Gasteiger partial charge in [-0.3, -0.25) is 19.2 Å². The third kappa shape index (κ3) is 8.14. The van der Waals surface area contributed by atoms with E-state index in [1.807, 2.05) is 0 Å². The monoisotopic (exact) mass is 424 g/mol. The molecule has 0 aliphatic heterocycles. The van der Waals surface area contributed by atoms with Crippen molar-refractivity contribution in [2.45, 2.75) is 37.9 Å². The van der Waals surface area contributed by atoms with Crippen molar-refractivity contribution in [1.29, 1.82) is 0 Å². The molecule has 0 saturated carbocycles. The number of carboxylic acid groups (broad SMARTS) is 2. The molecular formula is C18H24N4O8. The second kappa shape index (κ2) is 11.4. The lowest BCUT2D eigenvalue weighted by Gasteiger charge is -2.23. The van der Waals surface area contributed by atoms with E-state index in [1.54, 1.807) is 0 Å². The molecule has 164 valence electrons. The topological polar surface area (TPSA) is 208 Å². The van der Waals surface area contributed by atoms with Crippen LogP contribution in [0.25, 0.3) is 0 Å². The molecule has 1 rings (SSSR count). The summed E-state index contributed by atoms with van der Waals surface area (Å²) in [6, 6.07) is 1.69. The zero-order valence-electron chi connectivity index (χ0n) is 16.1. The summed E-state index contributed by atoms with van der Waals surface area (Å²) in [4.78, 5) is 58.4. The number of phenolic OH excluding ortho intramolecular Hbond substituents is 1. The minimum Gasteiger partial charge on any atom is -0.508 e. The fraction of sp³-hybridized carbons (Fsp3) is 0.389. The lowest BCUT2D eigenvalue weighted by Crippen LogP contribution is -2.56. The van der Waals surface area contributed by atoms with Gasteiger partial charge in [0.2, 0.25) is 17.7 Å². The summed E-state index contributed by atoms with van der Waals surface area (Å²) in [7, 11) is 0. The first kappa shape index (κ1) is 24.4. The van der Waals surface area contributed by atoms with Gasteiger partial charge < -0.3 is 37.0 Å². The number of hydrogen-bond acceptors (Lipinski definition) is 7. The third-order valence-corrected chi connectivity index (χ3v) is 3.96. The van der Waals surface area contributed by atoms with Crippen molar-refractivity contribution in [1.82, 2.24) is 16.0 Å². The fourth-order valence-corrected chi connectivity index (χ4v) is 2.39. The van der Waals surface area contributed by atoms with Crippen LogP contribution in [-0.2, 0) is 30.4 Å². The Morgan fingerprint density at radius 2 is 1.50 bits per heavy atom. The molecule has 1 aromatic carbocycles. The van der Waals surface area contributed by atoms with E-state index in [0.717, 1.165) is 0 Å². The molecule has 0 aliphatic rings. The summed E-state index contributed by atoms with van der Waals surface area (Å²) in [5.41, 5.74) is 5.70. The molecule has 3 atom stereocenters. The van der Waals surface area contributed by atoms with Crippen molar-refractivity contribution >= 4 is 29.7 Å². The zero-order chi connectivity index (χ0) is 22.8. The van der Waals surface area contributed by atoms with Crippen LogP contribution in [0.15, 0.2) is 24.3 Å². The van der Waals surface area contributed by atoms with Gasteiger partial charge in [0.25, 0.3) is 0 Å². The third-order valence-electron chi connectivity index (χ3n) is 3.96. The SMILES string of the molecule is CC(NC(=O)CN)C(=O)NC(Cc1ccc(O)cc1)C(=O)NC(CC(=O)O)C(=O)O. The Morgan fingerprint density at radius 1 is 0.933 bits per heavy atom. The molecule has 12 nitrogen and oxygen atoms in total. The van der Waals surface area contributed by atoms with Crippen LogP contribution in [0.2, 0.25) is 0 Å². The van der Waals surface area contributed by atoms with Gasteiger partial charge in [0.15, 0.2) is 0 Å². The summed E-state index contributed by atoms with van der Waals surface area (Å²) < 4.78 is 0. The van der Waals surface area contributed by atoms with Crippen molar-refractivity contribution in [2.24, 2.45) is 5.73 Å². The molecule has 0 radical (unpaired) electrons. The van der Waals surface area contributed by atoms with E-state index >= 15 is 0 Å². The lowest BCUT2D eigenvalue weighted by molar-refractivity contribution is -0.147. The summed E-state index contributed by atoms with van der Waals surface area (Å²) in [5.74, 6) is -5.26. The van der Waals surface area contributed by atoms with Gasteiger partial charge in [-0.05, 0) is 24.6 Å². The van der Waals surface area contributed by atoms with Gasteiger partial charge in [-0.25, -0.2) is 4.79 Å². The van der Waals surface area contributed by atoms with Crippen LogP contribution in [0.1, 0.15) is 18.9 Å². The number of phenols is 1. The largest absolute Gasteiger partial charge is 0.508 e. The average Bonchev–Trinajstić information content (AvgIpc) is 2.67. The summed E-state index contributed by atoms with van der Waals surface area (Å²) in [6.07, 6.45) is -0.946. The van der Waals surface area contributed by atoms with Gasteiger partial charge >= 0.3 is 11.9 Å². The van der Waals surface area contributed by atoms with Gasteiger partial charge in [-0.2, -0.15) is 0 Å². The number of aliphatic carboxylic acids is 2. The minimum absolute atomic E-state index is 0.0192. The van der Waals surface area contributed by atoms with Crippen LogP contribution >= 0.6 is 0 Å². The standard InChI is InChI=1S/C18H24N4O8/c1-9(20-14(24)8-19)16(27)21-12(6-10-2-4-11(23)5-3-10)17(28)22-13(18(29)30)7-15(25)26/h2-5,9,12-13,23H,6-8,19H2,1H3,(H,20,24)(H,21,27)(H,22,28)(H,25,26)(H,29,30). The molecule has 0 saturated heterocycles. The number of rotatable bonds is 11. The van der Waals surface area contributed by atoms with Crippen LogP contribution in [0.5, 0.6) is 5.75 Å². The number of nitrogens with one attached hydrogen (secondary N) is 3. The number of amides is 3. The predicted octanol–water partition coefficient (Wildman–Crippen LogP) is -2.07. The van der Waals surface area contributed by atoms with E-state index in [2.05, 4.69) is 16.0 Å². The molecule has 0 aliphatic carbocycles. The maximum atomic E-state index is 12.6. The van der Waals surface area contributed by atoms with Crippen molar-refractivity contribution in [3.63, 3.8) is 0 Å². The first-order chi connectivity index (χ1) is 14.0. The fourth-order valence-electron chi connectivity index (χ4n) is 2.39. The molecule has 0 aromatic heterocycles. The van der Waals surface area contributed by atoms with E-state index in [1.165, 1.54) is 31.2 Å². The Bertz CT molecular complexity index is 796. The second-order valence-electron chi connectivity index (χ2n) is 6.42. The predicted molar refractivity (Wildman–Crippen MR) is 102 cm³/mol. The Morgan fingerprint density at radius 3 is 2.00 bits per heavy atom. The number of hydrogen-bond donors (Lipinski definition) is 7. The van der Waals surface area contributed by atoms with E-state index < -0.39 is 54.2 Å². The number of carbonyl (C=O) groups excluding carboxylic acids is 3. The smallest absolute Gasteiger partial charge is 0.326 e. The average molecular weight is 424 g/mol. The van der Waals surface area contributed by atoms with Crippen LogP contribution < -0.4 is 21.7 Å². The maximum absolute atomic E-state index is 12.6. The highest BCUT2D eigenvalue weighted by atomic mass is 16.4. The van der Waals surface area contributed by atoms with Gasteiger partial charge in [0.05, 0.1) is 13.0 Å². The summed E-state index contributed by atoms with van der Waals surface area (Å²) in [6.45, 7) is 1.02. The van der Waals surface area contributed by atoms with Gasteiger partial charge in [0, 0.05) is 6.42 Å². The van der Waals surface area contributed by atoms with Gasteiger partial charge in [0.1, 0.15) is 23.9 Å². The number of benzene rings is 1. The van der Waals surface area contributed by atoms with E-state index in [0.29, 0.717) is 5.56 Å². The summed E-state index contributed by atoms with van der Waals surface area (Å²) >= 11 is 0. The second-order valence-corrected chi connectivity index (χ2v) is 6.42. The normalized spacial score (nSPS) is 13.4. The molecule has 0 fully saturated rings. The zero-order valence-corrected chi connectivity index (χ0v) is 16.1.